The summed E-state index contributed by atoms with van der Waals surface area (Å²) in [6, 6.07) is 12.0. The minimum absolute atomic E-state index is 0.0428. The first kappa shape index (κ1) is 11.2. The molecule has 2 rings (SSSR count). The number of hydrogen-bond acceptors (Lipinski definition) is 1. The molecule has 0 fully saturated rings. The Hall–Kier alpha value is -1.34. The van der Waals surface area contributed by atoms with Crippen molar-refractivity contribution in [3.8, 4) is 0 Å². The summed E-state index contributed by atoms with van der Waals surface area (Å²) in [6.45, 7) is 4.38. The average molecular weight is 232 g/mol. The van der Waals surface area contributed by atoms with Gasteiger partial charge in [-0.25, -0.2) is 0 Å². The zero-order valence-corrected chi connectivity index (χ0v) is 10.2. The second-order valence-electron chi connectivity index (χ2n) is 4.37. The molecule has 0 aliphatic heterocycles. The Balaban J connectivity index is 2.43. The van der Waals surface area contributed by atoms with Crippen LogP contribution >= 0.6 is 11.6 Å². The molecular formula is C14H14ClN. The van der Waals surface area contributed by atoms with Gasteiger partial charge >= 0.3 is 0 Å². The standard InChI is InChI=1S/C14H14ClN/c1-14(2,12-4-3-9-16-10-12)11-5-7-13(15)8-6-11/h3-10H,1-2H3. The number of rotatable bonds is 2. The molecule has 2 heteroatoms. The van der Waals surface area contributed by atoms with Gasteiger partial charge in [0, 0.05) is 22.8 Å². The summed E-state index contributed by atoms with van der Waals surface area (Å²) in [5.74, 6) is 0. The Labute approximate surface area is 101 Å². The zero-order chi connectivity index (χ0) is 11.6. The Bertz CT molecular complexity index is 460. The molecule has 0 aliphatic rings. The number of halogens is 1. The van der Waals surface area contributed by atoms with Gasteiger partial charge in [0.15, 0.2) is 0 Å². The molecular weight excluding hydrogens is 218 g/mol. The third-order valence-corrected chi connectivity index (χ3v) is 3.20. The van der Waals surface area contributed by atoms with Gasteiger partial charge in [0.1, 0.15) is 0 Å². The fraction of sp³-hybridized carbons (Fsp3) is 0.214. The maximum absolute atomic E-state index is 5.90. The van der Waals surface area contributed by atoms with E-state index in [1.165, 1.54) is 11.1 Å². The molecule has 1 nitrogen and oxygen atoms in total. The summed E-state index contributed by atoms with van der Waals surface area (Å²) < 4.78 is 0. The molecule has 82 valence electrons. The number of hydrogen-bond donors (Lipinski definition) is 0. The first-order chi connectivity index (χ1) is 7.60. The summed E-state index contributed by atoms with van der Waals surface area (Å²) in [5.41, 5.74) is 2.40. The van der Waals surface area contributed by atoms with E-state index in [9.17, 15) is 0 Å². The van der Waals surface area contributed by atoms with E-state index in [1.807, 2.05) is 24.4 Å². The first-order valence-electron chi connectivity index (χ1n) is 5.27. The van der Waals surface area contributed by atoms with Gasteiger partial charge in [-0.15, -0.1) is 0 Å². The van der Waals surface area contributed by atoms with Crippen LogP contribution in [0.5, 0.6) is 0 Å². The lowest BCUT2D eigenvalue weighted by molar-refractivity contribution is 0.637. The van der Waals surface area contributed by atoms with Crippen LogP contribution in [0.4, 0.5) is 0 Å². The van der Waals surface area contributed by atoms with Crippen molar-refractivity contribution in [2.24, 2.45) is 0 Å². The van der Waals surface area contributed by atoms with Crippen molar-refractivity contribution in [1.82, 2.24) is 4.98 Å². The fourth-order valence-corrected chi connectivity index (χ4v) is 1.89. The van der Waals surface area contributed by atoms with Crippen molar-refractivity contribution in [3.05, 3.63) is 64.9 Å². The van der Waals surface area contributed by atoms with Crippen LogP contribution in [0.1, 0.15) is 25.0 Å². The van der Waals surface area contributed by atoms with Gasteiger partial charge < -0.3 is 0 Å². The van der Waals surface area contributed by atoms with Crippen LogP contribution in [-0.4, -0.2) is 4.98 Å². The quantitative estimate of drug-likeness (QED) is 0.760. The lowest BCUT2D eigenvalue weighted by Crippen LogP contribution is -2.18. The van der Waals surface area contributed by atoms with Crippen molar-refractivity contribution >= 4 is 11.6 Å². The molecule has 0 radical (unpaired) electrons. The predicted octanol–water partition coefficient (Wildman–Crippen LogP) is 4.06. The van der Waals surface area contributed by atoms with E-state index in [0.717, 1.165) is 5.02 Å². The van der Waals surface area contributed by atoms with Crippen molar-refractivity contribution < 1.29 is 0 Å². The van der Waals surface area contributed by atoms with Gasteiger partial charge in [0.25, 0.3) is 0 Å². The molecule has 1 aromatic heterocycles. The molecule has 2 aromatic rings. The van der Waals surface area contributed by atoms with Gasteiger partial charge in [-0.3, -0.25) is 4.98 Å². The summed E-state index contributed by atoms with van der Waals surface area (Å²) in [7, 11) is 0. The highest BCUT2D eigenvalue weighted by Gasteiger charge is 2.22. The van der Waals surface area contributed by atoms with Gasteiger partial charge in [-0.1, -0.05) is 43.6 Å². The number of nitrogens with zero attached hydrogens (tertiary/aromatic N) is 1. The van der Waals surface area contributed by atoms with Gasteiger partial charge in [0.2, 0.25) is 0 Å². The Morgan fingerprint density at radius 3 is 2.25 bits per heavy atom. The van der Waals surface area contributed by atoms with Crippen LogP contribution in [0.25, 0.3) is 0 Å². The Kier molecular flexibility index (Phi) is 2.97. The van der Waals surface area contributed by atoms with Gasteiger partial charge in [-0.05, 0) is 29.3 Å². The second-order valence-corrected chi connectivity index (χ2v) is 4.81. The second kappa shape index (κ2) is 4.26. The SMILES string of the molecule is CC(C)(c1ccc(Cl)cc1)c1cccnc1. The number of benzene rings is 1. The highest BCUT2D eigenvalue weighted by Crippen LogP contribution is 2.31. The third kappa shape index (κ3) is 2.10. The fourth-order valence-electron chi connectivity index (χ4n) is 1.77. The van der Waals surface area contributed by atoms with Crippen LogP contribution < -0.4 is 0 Å². The van der Waals surface area contributed by atoms with Crippen molar-refractivity contribution in [2.75, 3.05) is 0 Å². The molecule has 0 bridgehead atoms. The van der Waals surface area contributed by atoms with Crippen LogP contribution in [0.2, 0.25) is 5.02 Å². The summed E-state index contributed by atoms with van der Waals surface area (Å²) in [6.07, 6.45) is 3.70. The van der Waals surface area contributed by atoms with Crippen LogP contribution in [0.3, 0.4) is 0 Å². The van der Waals surface area contributed by atoms with E-state index in [2.05, 4.69) is 37.0 Å². The molecule has 0 unspecified atom stereocenters. The molecule has 0 N–H and O–H groups in total. The lowest BCUT2D eigenvalue weighted by atomic mass is 9.79. The van der Waals surface area contributed by atoms with E-state index in [1.54, 1.807) is 6.20 Å². The summed E-state index contributed by atoms with van der Waals surface area (Å²) in [5, 5.41) is 0.769. The third-order valence-electron chi connectivity index (χ3n) is 2.95. The number of aromatic nitrogens is 1. The van der Waals surface area contributed by atoms with E-state index in [0.29, 0.717) is 0 Å². The van der Waals surface area contributed by atoms with E-state index in [4.69, 9.17) is 11.6 Å². The molecule has 0 amide bonds. The van der Waals surface area contributed by atoms with E-state index in [-0.39, 0.29) is 5.41 Å². The predicted molar refractivity (Wildman–Crippen MR) is 67.8 cm³/mol. The van der Waals surface area contributed by atoms with E-state index < -0.39 is 0 Å². The molecule has 1 heterocycles. The lowest BCUT2D eigenvalue weighted by Gasteiger charge is -2.25. The smallest absolute Gasteiger partial charge is 0.0406 e. The van der Waals surface area contributed by atoms with Crippen LogP contribution in [-0.2, 0) is 5.41 Å². The molecule has 0 atom stereocenters. The first-order valence-corrected chi connectivity index (χ1v) is 5.65. The monoisotopic (exact) mass is 231 g/mol. The van der Waals surface area contributed by atoms with Crippen LogP contribution in [0, 0.1) is 0 Å². The van der Waals surface area contributed by atoms with Crippen molar-refractivity contribution in [3.63, 3.8) is 0 Å². The highest BCUT2D eigenvalue weighted by molar-refractivity contribution is 6.30. The minimum atomic E-state index is -0.0428. The Morgan fingerprint density at radius 2 is 1.69 bits per heavy atom. The van der Waals surface area contributed by atoms with Crippen molar-refractivity contribution in [1.29, 1.82) is 0 Å². The number of pyridine rings is 1. The molecule has 16 heavy (non-hydrogen) atoms. The van der Waals surface area contributed by atoms with Crippen LogP contribution in [0.15, 0.2) is 48.8 Å². The summed E-state index contributed by atoms with van der Waals surface area (Å²) >= 11 is 5.90. The topological polar surface area (TPSA) is 12.9 Å². The van der Waals surface area contributed by atoms with Crippen molar-refractivity contribution in [2.45, 2.75) is 19.3 Å². The Morgan fingerprint density at radius 1 is 1.00 bits per heavy atom. The normalized spacial score (nSPS) is 11.4. The largest absolute Gasteiger partial charge is 0.264 e. The maximum Gasteiger partial charge on any atom is 0.0406 e. The highest BCUT2D eigenvalue weighted by atomic mass is 35.5. The summed E-state index contributed by atoms with van der Waals surface area (Å²) in [4.78, 5) is 4.17. The molecule has 0 saturated heterocycles. The molecule has 0 aliphatic carbocycles. The maximum atomic E-state index is 5.90. The molecule has 0 spiro atoms. The van der Waals surface area contributed by atoms with Gasteiger partial charge in [0.05, 0.1) is 0 Å². The zero-order valence-electron chi connectivity index (χ0n) is 9.44. The van der Waals surface area contributed by atoms with E-state index >= 15 is 0 Å². The average Bonchev–Trinajstić information content (AvgIpc) is 2.31. The molecule has 0 saturated carbocycles. The molecule has 1 aromatic carbocycles. The van der Waals surface area contributed by atoms with Gasteiger partial charge in [-0.2, -0.15) is 0 Å². The minimum Gasteiger partial charge on any atom is -0.264 e.